The van der Waals surface area contributed by atoms with Crippen LogP contribution < -0.4 is 10.6 Å². The molecule has 2 aliphatic heterocycles. The maximum absolute atomic E-state index is 12.8. The maximum atomic E-state index is 12.8. The van der Waals surface area contributed by atoms with E-state index in [4.69, 9.17) is 9.47 Å². The molecule has 172 valence electrons. The molecular formula is C23H40N2O5. The summed E-state index contributed by atoms with van der Waals surface area (Å²) in [7, 11) is 0. The topological polar surface area (TPSA) is 93.7 Å². The monoisotopic (exact) mass is 424 g/mol. The molecular weight excluding hydrogens is 384 g/mol. The Labute approximate surface area is 181 Å². The second kappa shape index (κ2) is 8.58. The Bertz CT molecular complexity index is 585. The fourth-order valence-corrected chi connectivity index (χ4v) is 5.50. The van der Waals surface area contributed by atoms with Gasteiger partial charge in [0, 0.05) is 54.3 Å². The summed E-state index contributed by atoms with van der Waals surface area (Å²) in [6.45, 7) is 16.5. The molecule has 0 aliphatic carbocycles. The average Bonchev–Trinajstić information content (AvgIpc) is 2.45. The van der Waals surface area contributed by atoms with Crippen LogP contribution in [-0.2, 0) is 23.9 Å². The molecule has 0 saturated carbocycles. The molecule has 0 aromatic heterocycles. The van der Waals surface area contributed by atoms with Gasteiger partial charge >= 0.3 is 11.9 Å². The van der Waals surface area contributed by atoms with Crippen LogP contribution >= 0.6 is 0 Å². The minimum atomic E-state index is -1.22. The van der Waals surface area contributed by atoms with E-state index in [1.54, 1.807) is 0 Å². The minimum absolute atomic E-state index is 0.195. The zero-order valence-electron chi connectivity index (χ0n) is 19.9. The predicted octanol–water partition coefficient (Wildman–Crippen LogP) is 2.90. The van der Waals surface area contributed by atoms with Gasteiger partial charge in [0.05, 0.1) is 0 Å². The van der Waals surface area contributed by atoms with E-state index in [-0.39, 0.29) is 40.8 Å². The summed E-state index contributed by atoms with van der Waals surface area (Å²) in [6, 6.07) is 0. The first kappa shape index (κ1) is 24.8. The molecule has 2 aliphatic rings. The molecule has 0 spiro atoms. The van der Waals surface area contributed by atoms with Crippen LogP contribution in [0.1, 0.15) is 87.5 Å². The second-order valence-electron chi connectivity index (χ2n) is 11.7. The largest absolute Gasteiger partial charge is 0.462 e. The molecule has 2 fully saturated rings. The van der Waals surface area contributed by atoms with Gasteiger partial charge in [-0.2, -0.15) is 0 Å². The van der Waals surface area contributed by atoms with E-state index in [0.717, 1.165) is 0 Å². The highest BCUT2D eigenvalue weighted by atomic mass is 16.6. The molecule has 7 heteroatoms. The molecule has 0 unspecified atom stereocenters. The summed E-state index contributed by atoms with van der Waals surface area (Å²) >= 11 is 0. The second-order valence-corrected chi connectivity index (χ2v) is 11.7. The van der Waals surface area contributed by atoms with E-state index < -0.39 is 17.9 Å². The summed E-state index contributed by atoms with van der Waals surface area (Å²) in [5.74, 6) is -2.55. The molecule has 2 heterocycles. The van der Waals surface area contributed by atoms with E-state index in [1.807, 2.05) is 0 Å². The van der Waals surface area contributed by atoms with Gasteiger partial charge in [-0.05, 0) is 55.4 Å². The van der Waals surface area contributed by atoms with Crippen molar-refractivity contribution in [2.45, 2.75) is 122 Å². The lowest BCUT2D eigenvalue weighted by atomic mass is 9.81. The van der Waals surface area contributed by atoms with Crippen LogP contribution in [0.5, 0.6) is 0 Å². The van der Waals surface area contributed by atoms with Crippen molar-refractivity contribution in [1.82, 2.24) is 10.6 Å². The standard InChI is InChI=1S/C23H40N2O5/c1-20(2)11-15(12-21(3,4)24-20)29-18(27)17(9-10-26)19(28)30-16-13-22(5,6)25-23(7,8)14-16/h10,15-17,24-25H,9,11-14H2,1-8H3. The Morgan fingerprint density at radius 2 is 1.07 bits per heavy atom. The molecule has 30 heavy (non-hydrogen) atoms. The zero-order chi connectivity index (χ0) is 23.0. The normalized spacial score (nSPS) is 25.5. The quantitative estimate of drug-likeness (QED) is 0.385. The van der Waals surface area contributed by atoms with E-state index in [9.17, 15) is 14.4 Å². The number of aldehydes is 1. The third-order valence-electron chi connectivity index (χ3n) is 5.77. The lowest BCUT2D eigenvalue weighted by molar-refractivity contribution is -0.173. The molecule has 0 atom stereocenters. The van der Waals surface area contributed by atoms with Gasteiger partial charge in [-0.25, -0.2) is 0 Å². The van der Waals surface area contributed by atoms with Crippen LogP contribution in [0.3, 0.4) is 0 Å². The number of nitrogens with one attached hydrogen (secondary N) is 2. The number of piperidine rings is 2. The van der Waals surface area contributed by atoms with Gasteiger partial charge in [0.15, 0.2) is 5.92 Å². The van der Waals surface area contributed by atoms with Gasteiger partial charge in [-0.1, -0.05) is 0 Å². The Balaban J connectivity index is 2.06. The molecule has 0 amide bonds. The number of carbonyl (C=O) groups excluding carboxylic acids is 3. The molecule has 0 bridgehead atoms. The third-order valence-corrected chi connectivity index (χ3v) is 5.77. The van der Waals surface area contributed by atoms with Crippen molar-refractivity contribution in [1.29, 1.82) is 0 Å². The molecule has 0 radical (unpaired) electrons. The Kier molecular flexibility index (Phi) is 7.09. The number of hydrogen-bond acceptors (Lipinski definition) is 7. The Morgan fingerprint density at radius 1 is 0.767 bits per heavy atom. The Hall–Kier alpha value is -1.47. The molecule has 0 aromatic carbocycles. The summed E-state index contributed by atoms with van der Waals surface area (Å²) in [6.07, 6.45) is 2.28. The third kappa shape index (κ3) is 7.05. The summed E-state index contributed by atoms with van der Waals surface area (Å²) < 4.78 is 11.4. The van der Waals surface area contributed by atoms with E-state index in [0.29, 0.717) is 32.0 Å². The zero-order valence-corrected chi connectivity index (χ0v) is 19.9. The number of ether oxygens (including phenoxy) is 2. The van der Waals surface area contributed by atoms with Gasteiger partial charge in [-0.3, -0.25) is 9.59 Å². The molecule has 7 nitrogen and oxygen atoms in total. The predicted molar refractivity (Wildman–Crippen MR) is 115 cm³/mol. The van der Waals surface area contributed by atoms with Crippen molar-refractivity contribution in [3.05, 3.63) is 0 Å². The van der Waals surface area contributed by atoms with Gasteiger partial charge in [-0.15, -0.1) is 0 Å². The van der Waals surface area contributed by atoms with Crippen LogP contribution in [0.25, 0.3) is 0 Å². The van der Waals surface area contributed by atoms with E-state index in [1.165, 1.54) is 0 Å². The van der Waals surface area contributed by atoms with Crippen molar-refractivity contribution in [2.24, 2.45) is 5.92 Å². The van der Waals surface area contributed by atoms with E-state index in [2.05, 4.69) is 66.0 Å². The summed E-state index contributed by atoms with van der Waals surface area (Å²) in [4.78, 5) is 36.9. The van der Waals surface area contributed by atoms with Crippen LogP contribution in [0.4, 0.5) is 0 Å². The number of rotatable bonds is 6. The fraction of sp³-hybridized carbons (Fsp3) is 0.870. The van der Waals surface area contributed by atoms with Crippen molar-refractivity contribution >= 4 is 18.2 Å². The van der Waals surface area contributed by atoms with Crippen molar-refractivity contribution in [3.8, 4) is 0 Å². The van der Waals surface area contributed by atoms with Crippen molar-refractivity contribution < 1.29 is 23.9 Å². The average molecular weight is 425 g/mol. The number of esters is 2. The van der Waals surface area contributed by atoms with Crippen LogP contribution in [-0.4, -0.2) is 52.6 Å². The highest BCUT2D eigenvalue weighted by Gasteiger charge is 2.43. The summed E-state index contributed by atoms with van der Waals surface area (Å²) in [5.41, 5.74) is -0.779. The van der Waals surface area contributed by atoms with Gasteiger partial charge in [0.1, 0.15) is 18.5 Å². The van der Waals surface area contributed by atoms with Crippen LogP contribution in [0, 0.1) is 5.92 Å². The first-order valence-electron chi connectivity index (χ1n) is 11.0. The number of carbonyl (C=O) groups is 3. The summed E-state index contributed by atoms with van der Waals surface area (Å²) in [5, 5.41) is 7.07. The van der Waals surface area contributed by atoms with Gasteiger partial charge in [0.25, 0.3) is 0 Å². The Morgan fingerprint density at radius 3 is 1.33 bits per heavy atom. The lowest BCUT2D eigenvalue weighted by Crippen LogP contribution is -2.60. The van der Waals surface area contributed by atoms with Gasteiger partial charge < -0.3 is 24.9 Å². The van der Waals surface area contributed by atoms with Crippen LogP contribution in [0.2, 0.25) is 0 Å². The van der Waals surface area contributed by atoms with Crippen LogP contribution in [0.15, 0.2) is 0 Å². The first-order valence-corrected chi connectivity index (χ1v) is 11.0. The number of hydrogen-bond donors (Lipinski definition) is 2. The fourth-order valence-electron chi connectivity index (χ4n) is 5.50. The molecule has 0 aromatic rings. The van der Waals surface area contributed by atoms with Crippen molar-refractivity contribution in [3.63, 3.8) is 0 Å². The van der Waals surface area contributed by atoms with Gasteiger partial charge in [0.2, 0.25) is 0 Å². The maximum Gasteiger partial charge on any atom is 0.321 e. The SMILES string of the molecule is CC1(C)CC(OC(=O)C(CC=O)C(=O)OC2CC(C)(C)NC(C)(C)C2)CC(C)(C)N1. The lowest BCUT2D eigenvalue weighted by Gasteiger charge is -2.46. The van der Waals surface area contributed by atoms with E-state index >= 15 is 0 Å². The molecule has 2 rings (SSSR count). The molecule has 2 saturated heterocycles. The van der Waals surface area contributed by atoms with Crippen molar-refractivity contribution in [2.75, 3.05) is 0 Å². The first-order chi connectivity index (χ1) is 13.5. The highest BCUT2D eigenvalue weighted by Crippen LogP contribution is 2.33. The minimum Gasteiger partial charge on any atom is -0.462 e. The molecule has 2 N–H and O–H groups in total. The smallest absolute Gasteiger partial charge is 0.321 e. The highest BCUT2D eigenvalue weighted by molar-refractivity contribution is 5.96.